The molecule has 0 saturated heterocycles. The van der Waals surface area contributed by atoms with Crippen molar-refractivity contribution in [3.8, 4) is 16.9 Å². The summed E-state index contributed by atoms with van der Waals surface area (Å²) < 4.78 is 0. The minimum Gasteiger partial charge on any atom is -0.508 e. The summed E-state index contributed by atoms with van der Waals surface area (Å²) >= 11 is 0. The lowest BCUT2D eigenvalue weighted by Gasteiger charge is -2.11. The van der Waals surface area contributed by atoms with Gasteiger partial charge in [-0.15, -0.1) is 0 Å². The molecular formula is C23H16N2O2. The number of amides is 1. The number of phenols is 1. The van der Waals surface area contributed by atoms with Crippen LogP contribution < -0.4 is 5.32 Å². The lowest BCUT2D eigenvalue weighted by Crippen LogP contribution is -2.14. The summed E-state index contributed by atoms with van der Waals surface area (Å²) in [7, 11) is 0. The van der Waals surface area contributed by atoms with Gasteiger partial charge in [-0.2, -0.15) is 0 Å². The molecule has 0 radical (unpaired) electrons. The second-order valence-corrected chi connectivity index (χ2v) is 6.70. The summed E-state index contributed by atoms with van der Waals surface area (Å²) in [6.45, 7) is 0. The predicted octanol–water partition coefficient (Wildman–Crippen LogP) is 4.69. The molecule has 0 aliphatic carbocycles. The van der Waals surface area contributed by atoms with Crippen LogP contribution in [-0.4, -0.2) is 16.0 Å². The second-order valence-electron chi connectivity index (χ2n) is 6.70. The van der Waals surface area contributed by atoms with Crippen molar-refractivity contribution in [2.75, 3.05) is 5.32 Å². The molecule has 2 heterocycles. The number of benzene rings is 3. The molecule has 1 aliphatic rings. The molecule has 1 aliphatic heterocycles. The highest BCUT2D eigenvalue weighted by Crippen LogP contribution is 2.39. The molecule has 1 aromatic heterocycles. The van der Waals surface area contributed by atoms with E-state index < -0.39 is 5.92 Å². The predicted molar refractivity (Wildman–Crippen MR) is 106 cm³/mol. The van der Waals surface area contributed by atoms with Crippen molar-refractivity contribution in [1.82, 2.24) is 4.98 Å². The summed E-state index contributed by atoms with van der Waals surface area (Å²) in [5.74, 6) is -0.257. The van der Waals surface area contributed by atoms with Crippen LogP contribution in [0.4, 0.5) is 5.69 Å². The molecule has 0 spiro atoms. The van der Waals surface area contributed by atoms with Gasteiger partial charge in [0.05, 0.1) is 11.2 Å². The summed E-state index contributed by atoms with van der Waals surface area (Å²) in [5, 5.41) is 13.5. The first-order valence-corrected chi connectivity index (χ1v) is 8.79. The van der Waals surface area contributed by atoms with Crippen LogP contribution in [0.3, 0.4) is 0 Å². The third-order valence-corrected chi connectivity index (χ3v) is 5.00. The van der Waals surface area contributed by atoms with Crippen LogP contribution in [0.25, 0.3) is 22.0 Å². The SMILES string of the molecule is O=C1Nc2ccc(-c3ccc(O)cc3)cc2C1c1ccc2ccccc2n1. The van der Waals surface area contributed by atoms with Gasteiger partial charge < -0.3 is 10.4 Å². The van der Waals surface area contributed by atoms with E-state index in [1.54, 1.807) is 12.1 Å². The zero-order chi connectivity index (χ0) is 18.4. The lowest BCUT2D eigenvalue weighted by atomic mass is 9.93. The fourth-order valence-electron chi connectivity index (χ4n) is 3.63. The third-order valence-electron chi connectivity index (χ3n) is 5.00. The molecule has 1 amide bonds. The normalized spacial score (nSPS) is 15.6. The zero-order valence-electron chi connectivity index (χ0n) is 14.4. The number of fused-ring (bicyclic) bond motifs is 2. The van der Waals surface area contributed by atoms with Crippen LogP contribution in [0.5, 0.6) is 5.75 Å². The monoisotopic (exact) mass is 352 g/mol. The van der Waals surface area contributed by atoms with E-state index in [1.165, 1.54) is 0 Å². The van der Waals surface area contributed by atoms with E-state index in [1.807, 2.05) is 66.7 Å². The molecule has 0 saturated carbocycles. The van der Waals surface area contributed by atoms with Gasteiger partial charge in [0.25, 0.3) is 0 Å². The number of rotatable bonds is 2. The second kappa shape index (κ2) is 5.95. The fourth-order valence-corrected chi connectivity index (χ4v) is 3.63. The molecule has 5 rings (SSSR count). The molecule has 4 aromatic rings. The molecule has 2 N–H and O–H groups in total. The molecule has 27 heavy (non-hydrogen) atoms. The van der Waals surface area contributed by atoms with Gasteiger partial charge in [0.1, 0.15) is 11.7 Å². The van der Waals surface area contributed by atoms with Crippen LogP contribution in [0.2, 0.25) is 0 Å². The van der Waals surface area contributed by atoms with Crippen molar-refractivity contribution in [3.63, 3.8) is 0 Å². The maximum Gasteiger partial charge on any atom is 0.238 e. The Labute approximate surface area is 156 Å². The minimum absolute atomic E-state index is 0.0596. The Bertz CT molecular complexity index is 1180. The number of carbonyl (C=O) groups excluding carboxylic acids is 1. The Morgan fingerprint density at radius 1 is 0.852 bits per heavy atom. The van der Waals surface area contributed by atoms with Gasteiger partial charge in [0.2, 0.25) is 5.91 Å². The van der Waals surface area contributed by atoms with E-state index in [-0.39, 0.29) is 11.7 Å². The first-order chi connectivity index (χ1) is 13.2. The highest BCUT2D eigenvalue weighted by molar-refractivity contribution is 6.05. The number of pyridine rings is 1. The number of hydrogen-bond acceptors (Lipinski definition) is 3. The maximum atomic E-state index is 12.7. The largest absolute Gasteiger partial charge is 0.508 e. The van der Waals surface area contributed by atoms with Crippen LogP contribution in [0.1, 0.15) is 17.2 Å². The van der Waals surface area contributed by atoms with Gasteiger partial charge >= 0.3 is 0 Å². The van der Waals surface area contributed by atoms with E-state index in [9.17, 15) is 9.90 Å². The molecule has 1 atom stereocenters. The topological polar surface area (TPSA) is 62.2 Å². The zero-order valence-corrected chi connectivity index (χ0v) is 14.4. The molecular weight excluding hydrogens is 336 g/mol. The fraction of sp³-hybridized carbons (Fsp3) is 0.0435. The quantitative estimate of drug-likeness (QED) is 0.550. The molecule has 1 unspecified atom stereocenters. The van der Waals surface area contributed by atoms with E-state index >= 15 is 0 Å². The first-order valence-electron chi connectivity index (χ1n) is 8.79. The number of nitrogens with one attached hydrogen (secondary N) is 1. The van der Waals surface area contributed by atoms with Crippen LogP contribution >= 0.6 is 0 Å². The standard InChI is InChI=1S/C23H16N2O2/c26-17-9-5-14(6-10-17)16-8-11-20-18(13-16)22(23(27)25-20)21-12-7-15-3-1-2-4-19(15)24-21/h1-13,22,26H,(H,25,27). The average Bonchev–Trinajstić information content (AvgIpc) is 3.03. The number of aromatic hydroxyl groups is 1. The number of phenolic OH excluding ortho intramolecular Hbond substituents is 1. The van der Waals surface area contributed by atoms with Gasteiger partial charge in [-0.05, 0) is 53.1 Å². The van der Waals surface area contributed by atoms with Gasteiger partial charge in [0, 0.05) is 11.1 Å². The Hall–Kier alpha value is -3.66. The number of anilines is 1. The van der Waals surface area contributed by atoms with Gasteiger partial charge in [0.15, 0.2) is 0 Å². The van der Waals surface area contributed by atoms with Crippen molar-refractivity contribution in [1.29, 1.82) is 0 Å². The Balaban J connectivity index is 1.62. The smallest absolute Gasteiger partial charge is 0.238 e. The van der Waals surface area contributed by atoms with Crippen molar-refractivity contribution < 1.29 is 9.90 Å². The Kier molecular flexibility index (Phi) is 3.44. The van der Waals surface area contributed by atoms with Crippen LogP contribution in [-0.2, 0) is 4.79 Å². The van der Waals surface area contributed by atoms with E-state index in [4.69, 9.17) is 4.98 Å². The van der Waals surface area contributed by atoms with Crippen LogP contribution in [0.15, 0.2) is 78.9 Å². The molecule has 130 valence electrons. The number of aromatic nitrogens is 1. The van der Waals surface area contributed by atoms with E-state index in [0.29, 0.717) is 0 Å². The minimum atomic E-state index is -0.429. The average molecular weight is 352 g/mol. The maximum absolute atomic E-state index is 12.7. The highest BCUT2D eigenvalue weighted by atomic mass is 16.3. The van der Waals surface area contributed by atoms with Crippen molar-refractivity contribution in [2.24, 2.45) is 0 Å². The number of para-hydroxylation sites is 1. The van der Waals surface area contributed by atoms with Crippen molar-refractivity contribution in [2.45, 2.75) is 5.92 Å². The molecule has 0 fully saturated rings. The highest BCUT2D eigenvalue weighted by Gasteiger charge is 2.33. The van der Waals surface area contributed by atoms with E-state index in [0.717, 1.165) is 39.0 Å². The van der Waals surface area contributed by atoms with Crippen molar-refractivity contribution >= 4 is 22.5 Å². The summed E-state index contributed by atoms with van der Waals surface area (Å²) in [4.78, 5) is 17.4. The molecule has 3 aromatic carbocycles. The van der Waals surface area contributed by atoms with Gasteiger partial charge in [-0.3, -0.25) is 9.78 Å². The lowest BCUT2D eigenvalue weighted by molar-refractivity contribution is -0.116. The number of carbonyl (C=O) groups is 1. The van der Waals surface area contributed by atoms with Gasteiger partial charge in [-0.25, -0.2) is 0 Å². The number of nitrogens with zero attached hydrogens (tertiary/aromatic N) is 1. The first kappa shape index (κ1) is 15.6. The molecule has 0 bridgehead atoms. The number of hydrogen-bond donors (Lipinski definition) is 2. The summed E-state index contributed by atoms with van der Waals surface area (Å²) in [6, 6.07) is 24.8. The molecule has 4 heteroatoms. The van der Waals surface area contributed by atoms with E-state index in [2.05, 4.69) is 5.32 Å². The molecule has 4 nitrogen and oxygen atoms in total. The Morgan fingerprint density at radius 3 is 2.48 bits per heavy atom. The Morgan fingerprint density at radius 2 is 1.63 bits per heavy atom. The summed E-state index contributed by atoms with van der Waals surface area (Å²) in [6.07, 6.45) is 0. The van der Waals surface area contributed by atoms with Crippen LogP contribution in [0, 0.1) is 0 Å². The summed E-state index contributed by atoms with van der Waals surface area (Å²) in [5.41, 5.74) is 5.35. The van der Waals surface area contributed by atoms with Crippen molar-refractivity contribution in [3.05, 3.63) is 90.1 Å². The van der Waals surface area contributed by atoms with Gasteiger partial charge in [-0.1, -0.05) is 42.5 Å². The third kappa shape index (κ3) is 2.62.